The van der Waals surface area contributed by atoms with Crippen LogP contribution in [0.1, 0.15) is 82.1 Å². The lowest BCUT2D eigenvalue weighted by Crippen LogP contribution is -2.51. The monoisotopic (exact) mass is 558 g/mol. The predicted molar refractivity (Wildman–Crippen MR) is 166 cm³/mol. The molecular formula is C29H62O4Si3. The van der Waals surface area contributed by atoms with Crippen molar-refractivity contribution >= 4 is 25.0 Å². The van der Waals surface area contributed by atoms with Crippen LogP contribution in [-0.2, 0) is 13.3 Å². The minimum absolute atomic E-state index is 0.0283. The van der Waals surface area contributed by atoms with Gasteiger partial charge in [0.2, 0.25) is 0 Å². The summed E-state index contributed by atoms with van der Waals surface area (Å²) in [6, 6.07) is 3.31. The van der Waals surface area contributed by atoms with Gasteiger partial charge in [-0.2, -0.15) is 0 Å². The summed E-state index contributed by atoms with van der Waals surface area (Å²) in [5.74, 6) is 0. The van der Waals surface area contributed by atoms with Gasteiger partial charge >= 0.3 is 0 Å². The van der Waals surface area contributed by atoms with Gasteiger partial charge in [-0.25, -0.2) is 0 Å². The summed E-state index contributed by atoms with van der Waals surface area (Å²) in [5, 5.41) is 10.6. The van der Waals surface area contributed by atoms with E-state index in [2.05, 4.69) is 108 Å². The highest BCUT2D eigenvalue weighted by atomic mass is 28.4. The topological polar surface area (TPSA) is 47.9 Å². The third-order valence-corrected chi connectivity index (χ3v) is 22.6. The highest BCUT2D eigenvalue weighted by molar-refractivity contribution is 6.75. The third kappa shape index (κ3) is 11.0. The van der Waals surface area contributed by atoms with Crippen LogP contribution in [-0.4, -0.2) is 54.5 Å². The normalized spacial score (nSPS) is 17.8. The minimum atomic E-state index is -2.05. The summed E-state index contributed by atoms with van der Waals surface area (Å²) in [4.78, 5) is 0. The first-order valence-electron chi connectivity index (χ1n) is 14.2. The van der Waals surface area contributed by atoms with E-state index in [0.717, 1.165) is 24.6 Å². The molecule has 4 atom stereocenters. The maximum Gasteiger partial charge on any atom is 0.192 e. The molecule has 0 aliphatic carbocycles. The summed E-state index contributed by atoms with van der Waals surface area (Å²) in [5.41, 5.74) is 0. The van der Waals surface area contributed by atoms with E-state index in [1.807, 2.05) is 6.08 Å². The molecule has 7 heteroatoms. The lowest BCUT2D eigenvalue weighted by molar-refractivity contribution is 0.0227. The first kappa shape index (κ1) is 36.0. The summed E-state index contributed by atoms with van der Waals surface area (Å²) in [6.45, 7) is 35.7. The Kier molecular flexibility index (Phi) is 14.4. The minimum Gasteiger partial charge on any atom is -0.412 e. The highest BCUT2D eigenvalue weighted by Crippen LogP contribution is 2.40. The van der Waals surface area contributed by atoms with Crippen molar-refractivity contribution in [3.8, 4) is 0 Å². The molecule has 0 radical (unpaired) electrons. The number of aliphatic hydroxyl groups excluding tert-OH is 1. The lowest BCUT2D eigenvalue weighted by Gasteiger charge is -2.44. The smallest absolute Gasteiger partial charge is 0.192 e. The molecule has 36 heavy (non-hydrogen) atoms. The number of aliphatic hydroxyl groups is 1. The predicted octanol–water partition coefficient (Wildman–Crippen LogP) is 9.06. The van der Waals surface area contributed by atoms with Crippen molar-refractivity contribution in [2.75, 3.05) is 0 Å². The second-order valence-corrected chi connectivity index (χ2v) is 27.8. The second-order valence-electron chi connectivity index (χ2n) is 13.6. The van der Waals surface area contributed by atoms with Crippen molar-refractivity contribution in [1.82, 2.24) is 0 Å². The van der Waals surface area contributed by atoms with Gasteiger partial charge in [0.15, 0.2) is 25.0 Å². The molecule has 0 bridgehead atoms. The van der Waals surface area contributed by atoms with E-state index in [4.69, 9.17) is 13.3 Å². The molecule has 0 rings (SSSR count). The molecule has 0 saturated carbocycles. The summed E-state index contributed by atoms with van der Waals surface area (Å²) < 4.78 is 21.0. The molecule has 0 aromatic rings. The largest absolute Gasteiger partial charge is 0.412 e. The van der Waals surface area contributed by atoms with Crippen molar-refractivity contribution in [2.24, 2.45) is 0 Å². The first-order chi connectivity index (χ1) is 16.2. The van der Waals surface area contributed by atoms with Crippen molar-refractivity contribution in [3.63, 3.8) is 0 Å². The Hall–Kier alpha value is -0.0294. The van der Waals surface area contributed by atoms with Crippen molar-refractivity contribution in [1.29, 1.82) is 0 Å². The number of hydrogen-bond donors (Lipinski definition) is 1. The van der Waals surface area contributed by atoms with Gasteiger partial charge in [0.25, 0.3) is 0 Å². The number of hydrogen-bond acceptors (Lipinski definition) is 4. The maximum atomic E-state index is 10.4. The molecular weight excluding hydrogens is 497 g/mol. The molecule has 0 aromatic carbocycles. The zero-order valence-electron chi connectivity index (χ0n) is 26.5. The van der Waals surface area contributed by atoms with Crippen molar-refractivity contribution in [2.45, 2.75) is 161 Å². The molecule has 0 saturated heterocycles. The Balaban J connectivity index is 6.35. The SMILES string of the molecule is C=CC[C@@H](O)/C=C\[C@H](C[C@@H](O[Si](CC)(CC)CC)[C@H](C)O[Si](C)(C)C(C)(C)C)O[Si](C)(C)C(C)(C)C. The lowest BCUT2D eigenvalue weighted by atomic mass is 10.1. The molecule has 1 N–H and O–H groups in total. The van der Waals surface area contributed by atoms with Gasteiger partial charge in [-0.05, 0) is 67.7 Å². The molecule has 0 aliphatic rings. The summed E-state index contributed by atoms with van der Waals surface area (Å²) in [7, 11) is -5.91. The molecule has 0 fully saturated rings. The van der Waals surface area contributed by atoms with Crippen LogP contribution in [0.5, 0.6) is 0 Å². The first-order valence-corrected chi connectivity index (χ1v) is 22.6. The Bertz CT molecular complexity index is 665. The Morgan fingerprint density at radius 3 is 1.61 bits per heavy atom. The average Bonchev–Trinajstić information content (AvgIpc) is 2.73. The molecule has 0 aromatic heterocycles. The van der Waals surface area contributed by atoms with Crippen LogP contribution in [0, 0.1) is 0 Å². The molecule has 0 spiro atoms. The van der Waals surface area contributed by atoms with Crippen LogP contribution in [0.15, 0.2) is 24.8 Å². The molecule has 0 amide bonds. The zero-order chi connectivity index (χ0) is 28.6. The molecule has 0 unspecified atom stereocenters. The quantitative estimate of drug-likeness (QED) is 0.152. The number of rotatable bonds is 16. The van der Waals surface area contributed by atoms with Gasteiger partial charge in [0.1, 0.15) is 0 Å². The fourth-order valence-electron chi connectivity index (χ4n) is 3.83. The van der Waals surface area contributed by atoms with Gasteiger partial charge in [-0.15, -0.1) is 6.58 Å². The van der Waals surface area contributed by atoms with E-state index in [1.54, 1.807) is 6.08 Å². The van der Waals surface area contributed by atoms with Gasteiger partial charge in [0.05, 0.1) is 24.4 Å². The summed E-state index contributed by atoms with van der Waals surface area (Å²) >= 11 is 0. The fraction of sp³-hybridized carbons (Fsp3) is 0.862. The van der Waals surface area contributed by atoms with E-state index in [9.17, 15) is 5.11 Å². The fourth-order valence-corrected chi connectivity index (χ4v) is 9.48. The van der Waals surface area contributed by atoms with E-state index < -0.39 is 31.1 Å². The van der Waals surface area contributed by atoms with Crippen LogP contribution in [0.25, 0.3) is 0 Å². The van der Waals surface area contributed by atoms with Crippen molar-refractivity contribution in [3.05, 3.63) is 24.8 Å². The van der Waals surface area contributed by atoms with Crippen LogP contribution >= 0.6 is 0 Å². The molecule has 0 aliphatic heterocycles. The van der Waals surface area contributed by atoms with Crippen LogP contribution in [0.2, 0.25) is 54.4 Å². The van der Waals surface area contributed by atoms with E-state index in [-0.39, 0.29) is 28.4 Å². The highest BCUT2D eigenvalue weighted by Gasteiger charge is 2.43. The van der Waals surface area contributed by atoms with E-state index >= 15 is 0 Å². The Morgan fingerprint density at radius 2 is 1.22 bits per heavy atom. The maximum absolute atomic E-state index is 10.4. The van der Waals surface area contributed by atoms with E-state index in [1.165, 1.54) is 0 Å². The van der Waals surface area contributed by atoms with E-state index in [0.29, 0.717) is 6.42 Å². The van der Waals surface area contributed by atoms with Crippen LogP contribution in [0.3, 0.4) is 0 Å². The third-order valence-electron chi connectivity index (χ3n) is 8.82. The second kappa shape index (κ2) is 14.4. The van der Waals surface area contributed by atoms with Gasteiger partial charge < -0.3 is 18.4 Å². The van der Waals surface area contributed by atoms with Gasteiger partial charge in [-0.3, -0.25) is 0 Å². The summed E-state index contributed by atoms with van der Waals surface area (Å²) in [6.07, 6.45) is 6.18. The van der Waals surface area contributed by atoms with Gasteiger partial charge in [-0.1, -0.05) is 80.5 Å². The Morgan fingerprint density at radius 1 is 0.778 bits per heavy atom. The molecule has 0 heterocycles. The van der Waals surface area contributed by atoms with Crippen LogP contribution < -0.4 is 0 Å². The van der Waals surface area contributed by atoms with Crippen LogP contribution in [0.4, 0.5) is 0 Å². The molecule has 214 valence electrons. The zero-order valence-corrected chi connectivity index (χ0v) is 29.5. The average molecular weight is 559 g/mol. The standard InChI is InChI=1S/C29H62O4Si3/c1-16-20-25(30)21-22-26(32-35(14,15)29(9,10)11)23-27(33-36(17-2,18-3)19-4)24(5)31-34(12,13)28(6,7)8/h16,21-22,24-27,30H,1,17-20,23H2,2-15H3/b22-21-/t24-,25+,26+,27+/m0/s1. The van der Waals surface area contributed by atoms with Gasteiger partial charge in [0, 0.05) is 6.42 Å². The van der Waals surface area contributed by atoms with Crippen molar-refractivity contribution < 1.29 is 18.4 Å². The molecule has 4 nitrogen and oxygen atoms in total. The Labute approximate surface area is 228 Å².